The van der Waals surface area contributed by atoms with Crippen LogP contribution < -0.4 is 10.0 Å². The Hall–Kier alpha value is -1.70. The Kier molecular flexibility index (Phi) is 6.37. The third-order valence-electron chi connectivity index (χ3n) is 3.74. The average molecular weight is 425 g/mol. The van der Waals surface area contributed by atoms with E-state index >= 15 is 0 Å². The maximum Gasteiger partial charge on any atom is 0.240 e. The molecule has 0 bridgehead atoms. The maximum atomic E-state index is 12.4. The normalized spacial score (nSPS) is 11.4. The zero-order chi connectivity index (χ0) is 18.6. The molecule has 0 aliphatic heterocycles. The summed E-state index contributed by atoms with van der Waals surface area (Å²) in [6, 6.07) is 10.8. The van der Waals surface area contributed by atoms with Crippen molar-refractivity contribution in [3.63, 3.8) is 0 Å². The molecule has 0 radical (unpaired) electrons. The lowest BCUT2D eigenvalue weighted by atomic mass is 10.2. The molecule has 0 aliphatic carbocycles. The zero-order valence-electron chi connectivity index (χ0n) is 14.4. The van der Waals surface area contributed by atoms with Gasteiger partial charge in [-0.25, -0.2) is 13.1 Å². The van der Waals surface area contributed by atoms with E-state index in [0.717, 1.165) is 15.6 Å². The fourth-order valence-corrected chi connectivity index (χ4v) is 4.19. The standard InChI is InChI=1S/C18H21BrN2O3S/c1-12-4-5-13(2)17(10-12)25(23,24)20-9-8-18(22)21-16-7-6-15(19)11-14(16)3/h4-7,10-11,20H,8-9H2,1-3H3,(H,21,22). The van der Waals surface area contributed by atoms with Crippen LogP contribution in [0.15, 0.2) is 45.8 Å². The van der Waals surface area contributed by atoms with Gasteiger partial charge in [-0.05, 0) is 61.7 Å². The number of sulfonamides is 1. The maximum absolute atomic E-state index is 12.4. The molecule has 0 spiro atoms. The minimum absolute atomic E-state index is 0.0388. The quantitative estimate of drug-likeness (QED) is 0.742. The smallest absolute Gasteiger partial charge is 0.240 e. The van der Waals surface area contributed by atoms with Gasteiger partial charge in [0.1, 0.15) is 0 Å². The predicted molar refractivity (Wildman–Crippen MR) is 103 cm³/mol. The molecule has 0 heterocycles. The fraction of sp³-hybridized carbons (Fsp3) is 0.278. The highest BCUT2D eigenvalue weighted by molar-refractivity contribution is 9.10. The Morgan fingerprint density at radius 3 is 2.44 bits per heavy atom. The van der Waals surface area contributed by atoms with Crippen LogP contribution in [0.4, 0.5) is 5.69 Å². The van der Waals surface area contributed by atoms with E-state index in [0.29, 0.717) is 11.3 Å². The van der Waals surface area contributed by atoms with Crippen molar-refractivity contribution in [1.29, 1.82) is 0 Å². The number of carbonyl (C=O) groups is 1. The molecule has 2 aromatic carbocycles. The van der Waals surface area contributed by atoms with Crippen molar-refractivity contribution in [2.45, 2.75) is 32.1 Å². The summed E-state index contributed by atoms with van der Waals surface area (Å²) in [5, 5.41) is 2.79. The monoisotopic (exact) mass is 424 g/mol. The van der Waals surface area contributed by atoms with Gasteiger partial charge in [-0.1, -0.05) is 28.1 Å². The van der Waals surface area contributed by atoms with Crippen LogP contribution in [0.25, 0.3) is 0 Å². The molecule has 0 saturated heterocycles. The zero-order valence-corrected chi connectivity index (χ0v) is 16.8. The number of anilines is 1. The Balaban J connectivity index is 1.95. The largest absolute Gasteiger partial charge is 0.326 e. The molecule has 7 heteroatoms. The van der Waals surface area contributed by atoms with E-state index in [1.165, 1.54) is 0 Å². The first-order valence-electron chi connectivity index (χ1n) is 7.82. The topological polar surface area (TPSA) is 75.3 Å². The summed E-state index contributed by atoms with van der Waals surface area (Å²) in [7, 11) is -3.63. The molecule has 5 nitrogen and oxygen atoms in total. The van der Waals surface area contributed by atoms with E-state index in [9.17, 15) is 13.2 Å². The summed E-state index contributed by atoms with van der Waals surface area (Å²) in [6.45, 7) is 5.52. The molecular weight excluding hydrogens is 404 g/mol. The molecule has 134 valence electrons. The van der Waals surface area contributed by atoms with Gasteiger partial charge in [-0.15, -0.1) is 0 Å². The van der Waals surface area contributed by atoms with E-state index in [1.54, 1.807) is 25.1 Å². The van der Waals surface area contributed by atoms with Crippen LogP contribution >= 0.6 is 15.9 Å². The molecule has 0 atom stereocenters. The Morgan fingerprint density at radius 2 is 1.76 bits per heavy atom. The van der Waals surface area contributed by atoms with Crippen molar-refractivity contribution in [2.75, 3.05) is 11.9 Å². The first-order valence-corrected chi connectivity index (χ1v) is 10.1. The van der Waals surface area contributed by atoms with Gasteiger partial charge in [-0.2, -0.15) is 0 Å². The van der Waals surface area contributed by atoms with Crippen LogP contribution in [0, 0.1) is 20.8 Å². The number of carbonyl (C=O) groups excluding carboxylic acids is 1. The lowest BCUT2D eigenvalue weighted by Crippen LogP contribution is -2.28. The molecule has 2 aromatic rings. The Morgan fingerprint density at radius 1 is 1.04 bits per heavy atom. The van der Waals surface area contributed by atoms with E-state index < -0.39 is 10.0 Å². The average Bonchev–Trinajstić information content (AvgIpc) is 2.52. The van der Waals surface area contributed by atoms with Crippen LogP contribution in [-0.2, 0) is 14.8 Å². The van der Waals surface area contributed by atoms with Crippen LogP contribution in [0.3, 0.4) is 0 Å². The molecule has 25 heavy (non-hydrogen) atoms. The molecule has 0 aliphatic rings. The SMILES string of the molecule is Cc1ccc(C)c(S(=O)(=O)NCCC(=O)Nc2ccc(Br)cc2C)c1. The van der Waals surface area contributed by atoms with Gasteiger partial charge in [0.05, 0.1) is 4.90 Å². The summed E-state index contributed by atoms with van der Waals surface area (Å²) in [4.78, 5) is 12.3. The van der Waals surface area contributed by atoms with Gasteiger partial charge in [0.25, 0.3) is 0 Å². The van der Waals surface area contributed by atoms with Crippen molar-refractivity contribution < 1.29 is 13.2 Å². The Labute approximate surface area is 157 Å². The second kappa shape index (κ2) is 8.12. The Bertz CT molecular complexity index is 895. The van der Waals surface area contributed by atoms with E-state index in [1.807, 2.05) is 32.0 Å². The summed E-state index contributed by atoms with van der Waals surface area (Å²) in [6.07, 6.45) is 0.0552. The van der Waals surface area contributed by atoms with Crippen molar-refractivity contribution in [3.05, 3.63) is 57.6 Å². The lowest BCUT2D eigenvalue weighted by Gasteiger charge is -2.11. The molecule has 0 saturated carbocycles. The van der Waals surface area contributed by atoms with Gasteiger partial charge in [0.2, 0.25) is 15.9 Å². The highest BCUT2D eigenvalue weighted by Gasteiger charge is 2.17. The van der Waals surface area contributed by atoms with Gasteiger partial charge in [0, 0.05) is 23.1 Å². The van der Waals surface area contributed by atoms with E-state index in [4.69, 9.17) is 0 Å². The van der Waals surface area contributed by atoms with Crippen LogP contribution in [0.2, 0.25) is 0 Å². The van der Waals surface area contributed by atoms with Crippen LogP contribution in [-0.4, -0.2) is 20.9 Å². The summed E-state index contributed by atoms with van der Waals surface area (Å²) in [5.74, 6) is -0.242. The first-order chi connectivity index (χ1) is 11.7. The van der Waals surface area contributed by atoms with Crippen molar-refractivity contribution in [3.8, 4) is 0 Å². The van der Waals surface area contributed by atoms with Crippen LogP contribution in [0.1, 0.15) is 23.1 Å². The number of aryl methyl sites for hydroxylation is 3. The summed E-state index contributed by atoms with van der Waals surface area (Å²) < 4.78 is 28.2. The molecule has 0 fully saturated rings. The minimum atomic E-state index is -3.63. The number of nitrogens with one attached hydrogen (secondary N) is 2. The van der Waals surface area contributed by atoms with Gasteiger partial charge >= 0.3 is 0 Å². The highest BCUT2D eigenvalue weighted by Crippen LogP contribution is 2.20. The number of hydrogen-bond acceptors (Lipinski definition) is 3. The van der Waals surface area contributed by atoms with E-state index in [2.05, 4.69) is 26.0 Å². The van der Waals surface area contributed by atoms with Crippen molar-refractivity contribution >= 4 is 37.5 Å². The molecular formula is C18H21BrN2O3S. The number of amides is 1. The summed E-state index contributed by atoms with van der Waals surface area (Å²) in [5.41, 5.74) is 3.19. The van der Waals surface area contributed by atoms with Gasteiger partial charge in [0.15, 0.2) is 0 Å². The first kappa shape index (κ1) is 19.6. The van der Waals surface area contributed by atoms with Crippen molar-refractivity contribution in [2.24, 2.45) is 0 Å². The highest BCUT2D eigenvalue weighted by atomic mass is 79.9. The molecule has 2 rings (SSSR count). The number of benzene rings is 2. The molecule has 0 unspecified atom stereocenters. The fourth-order valence-electron chi connectivity index (χ4n) is 2.35. The number of halogens is 1. The molecule has 1 amide bonds. The number of hydrogen-bond donors (Lipinski definition) is 2. The second-order valence-corrected chi connectivity index (χ2v) is 8.58. The molecule has 2 N–H and O–H groups in total. The third kappa shape index (κ3) is 5.39. The van der Waals surface area contributed by atoms with Gasteiger partial charge in [-0.3, -0.25) is 4.79 Å². The third-order valence-corrected chi connectivity index (χ3v) is 5.84. The second-order valence-electron chi connectivity index (χ2n) is 5.92. The summed E-state index contributed by atoms with van der Waals surface area (Å²) >= 11 is 3.37. The molecule has 0 aromatic heterocycles. The van der Waals surface area contributed by atoms with E-state index in [-0.39, 0.29) is 23.8 Å². The lowest BCUT2D eigenvalue weighted by molar-refractivity contribution is -0.116. The van der Waals surface area contributed by atoms with Crippen LogP contribution in [0.5, 0.6) is 0 Å². The van der Waals surface area contributed by atoms with Gasteiger partial charge < -0.3 is 5.32 Å². The predicted octanol–water partition coefficient (Wildman–Crippen LogP) is 3.68. The minimum Gasteiger partial charge on any atom is -0.326 e. The number of rotatable bonds is 6. The van der Waals surface area contributed by atoms with Crippen molar-refractivity contribution in [1.82, 2.24) is 4.72 Å².